The van der Waals surface area contributed by atoms with Crippen LogP contribution in [0.1, 0.15) is 55.1 Å². The topological polar surface area (TPSA) is 80.9 Å². The fraction of sp³-hybridized carbons (Fsp3) is 0.346. The van der Waals surface area contributed by atoms with Gasteiger partial charge in [-0.1, -0.05) is 26.3 Å². The van der Waals surface area contributed by atoms with E-state index in [1.165, 1.54) is 12.1 Å². The van der Waals surface area contributed by atoms with Gasteiger partial charge in [0.05, 0.1) is 17.4 Å². The number of nitrogens with zero attached hydrogens (tertiary/aromatic N) is 2. The zero-order valence-electron chi connectivity index (χ0n) is 19.1. The molecule has 4 rings (SSSR count). The number of aromatic nitrogens is 2. The minimum atomic E-state index is -0.966. The number of rotatable bonds is 5. The lowest BCUT2D eigenvalue weighted by molar-refractivity contribution is 0.102. The highest BCUT2D eigenvalue weighted by Crippen LogP contribution is 2.42. The Kier molecular flexibility index (Phi) is 6.97. The molecule has 1 fully saturated rings. The molecule has 1 aliphatic rings. The highest BCUT2D eigenvalue weighted by atomic mass is 19.1. The maximum atomic E-state index is 14.4. The Morgan fingerprint density at radius 3 is 2.50 bits per heavy atom. The fourth-order valence-electron chi connectivity index (χ4n) is 5.12. The number of pyridine rings is 2. The monoisotopic (exact) mass is 468 g/mol. The van der Waals surface area contributed by atoms with Crippen molar-refractivity contribution in [2.24, 2.45) is 17.6 Å². The van der Waals surface area contributed by atoms with Crippen LogP contribution in [0, 0.1) is 29.3 Å². The molecule has 2 aromatic heterocycles. The second-order valence-electron chi connectivity index (χ2n) is 8.92. The molecule has 0 saturated heterocycles. The average molecular weight is 469 g/mol. The van der Waals surface area contributed by atoms with Gasteiger partial charge in [-0.05, 0) is 66.5 Å². The molecular formula is C26H27F3N4O. The predicted octanol–water partition coefficient (Wildman–Crippen LogP) is 5.68. The molecule has 1 aromatic carbocycles. The molecule has 5 nitrogen and oxygen atoms in total. The van der Waals surface area contributed by atoms with E-state index in [1.807, 2.05) is 6.07 Å². The molecule has 8 heteroatoms. The minimum Gasteiger partial charge on any atom is -0.327 e. The van der Waals surface area contributed by atoms with Crippen molar-refractivity contribution in [2.75, 3.05) is 5.32 Å². The number of carbonyl (C=O) groups is 1. The summed E-state index contributed by atoms with van der Waals surface area (Å²) in [5.74, 6) is -2.46. The SMILES string of the molecule is CCC1C(C)CC(c2ccncc2NC(=O)c2ccc(F)c(-c3c(F)cccc3F)n2)CC1N. The van der Waals surface area contributed by atoms with E-state index in [2.05, 4.69) is 29.1 Å². The van der Waals surface area contributed by atoms with Crippen molar-refractivity contribution < 1.29 is 18.0 Å². The molecule has 1 aliphatic carbocycles. The van der Waals surface area contributed by atoms with Crippen molar-refractivity contribution >= 4 is 11.6 Å². The summed E-state index contributed by atoms with van der Waals surface area (Å²) in [5, 5.41) is 2.79. The molecule has 34 heavy (non-hydrogen) atoms. The molecule has 178 valence electrons. The predicted molar refractivity (Wildman–Crippen MR) is 125 cm³/mol. The van der Waals surface area contributed by atoms with E-state index < -0.39 is 34.6 Å². The first kappa shape index (κ1) is 23.9. The Morgan fingerprint density at radius 2 is 1.82 bits per heavy atom. The summed E-state index contributed by atoms with van der Waals surface area (Å²) in [6.07, 6.45) is 5.97. The van der Waals surface area contributed by atoms with Gasteiger partial charge in [0.25, 0.3) is 5.91 Å². The van der Waals surface area contributed by atoms with Crippen LogP contribution in [0.3, 0.4) is 0 Å². The van der Waals surface area contributed by atoms with Crippen molar-refractivity contribution in [3.63, 3.8) is 0 Å². The van der Waals surface area contributed by atoms with Gasteiger partial charge >= 0.3 is 0 Å². The molecule has 0 bridgehead atoms. The van der Waals surface area contributed by atoms with Crippen LogP contribution in [-0.4, -0.2) is 21.9 Å². The van der Waals surface area contributed by atoms with E-state index in [9.17, 15) is 18.0 Å². The van der Waals surface area contributed by atoms with Gasteiger partial charge in [0.1, 0.15) is 28.8 Å². The summed E-state index contributed by atoms with van der Waals surface area (Å²) in [4.78, 5) is 21.1. The number of carbonyl (C=O) groups excluding carboxylic acids is 1. The Morgan fingerprint density at radius 1 is 1.09 bits per heavy atom. The van der Waals surface area contributed by atoms with Gasteiger partial charge in [-0.15, -0.1) is 0 Å². The average Bonchev–Trinajstić information content (AvgIpc) is 2.80. The molecule has 1 saturated carbocycles. The van der Waals surface area contributed by atoms with Crippen LogP contribution in [-0.2, 0) is 0 Å². The van der Waals surface area contributed by atoms with Gasteiger partial charge < -0.3 is 11.1 Å². The Bertz CT molecular complexity index is 1170. The largest absolute Gasteiger partial charge is 0.327 e. The smallest absolute Gasteiger partial charge is 0.274 e. The normalized spacial score (nSPS) is 22.4. The van der Waals surface area contributed by atoms with Crippen molar-refractivity contribution in [2.45, 2.75) is 45.1 Å². The molecule has 4 atom stereocenters. The molecule has 3 N–H and O–H groups in total. The van der Waals surface area contributed by atoms with E-state index in [1.54, 1.807) is 12.4 Å². The Balaban J connectivity index is 1.62. The van der Waals surface area contributed by atoms with Crippen molar-refractivity contribution in [3.8, 4) is 11.3 Å². The van der Waals surface area contributed by atoms with Gasteiger partial charge in [-0.25, -0.2) is 18.2 Å². The zero-order chi connectivity index (χ0) is 24.4. The lowest BCUT2D eigenvalue weighted by Crippen LogP contribution is -2.40. The van der Waals surface area contributed by atoms with Crippen LogP contribution in [0.25, 0.3) is 11.3 Å². The van der Waals surface area contributed by atoms with Crippen molar-refractivity contribution in [1.29, 1.82) is 0 Å². The van der Waals surface area contributed by atoms with E-state index in [-0.39, 0.29) is 17.7 Å². The summed E-state index contributed by atoms with van der Waals surface area (Å²) in [6, 6.07) is 7.26. The van der Waals surface area contributed by atoms with Crippen LogP contribution in [0.15, 0.2) is 48.8 Å². The van der Waals surface area contributed by atoms with Crippen molar-refractivity contribution in [3.05, 3.63) is 77.5 Å². The maximum absolute atomic E-state index is 14.4. The first-order valence-corrected chi connectivity index (χ1v) is 11.4. The highest BCUT2D eigenvalue weighted by Gasteiger charge is 2.34. The van der Waals surface area contributed by atoms with Crippen molar-refractivity contribution in [1.82, 2.24) is 9.97 Å². The van der Waals surface area contributed by atoms with Gasteiger partial charge in [-0.3, -0.25) is 9.78 Å². The number of hydrogen-bond donors (Lipinski definition) is 2. The molecule has 3 aromatic rings. The molecule has 2 heterocycles. The van der Waals surface area contributed by atoms with E-state index in [0.717, 1.165) is 43.0 Å². The van der Waals surface area contributed by atoms with Gasteiger partial charge in [0.15, 0.2) is 0 Å². The van der Waals surface area contributed by atoms with Crippen LogP contribution < -0.4 is 11.1 Å². The van der Waals surface area contributed by atoms with Gasteiger partial charge in [0, 0.05) is 12.2 Å². The number of anilines is 1. The molecular weight excluding hydrogens is 441 g/mol. The maximum Gasteiger partial charge on any atom is 0.274 e. The molecule has 1 amide bonds. The van der Waals surface area contributed by atoms with Gasteiger partial charge in [0.2, 0.25) is 0 Å². The number of nitrogens with one attached hydrogen (secondary N) is 1. The molecule has 0 spiro atoms. The summed E-state index contributed by atoms with van der Waals surface area (Å²) < 4.78 is 42.8. The second kappa shape index (κ2) is 9.93. The zero-order valence-corrected chi connectivity index (χ0v) is 19.1. The Labute approximate surface area is 196 Å². The molecule has 0 radical (unpaired) electrons. The van der Waals surface area contributed by atoms with Crippen LogP contribution in [0.2, 0.25) is 0 Å². The Hall–Kier alpha value is -3.26. The minimum absolute atomic E-state index is 0.0625. The summed E-state index contributed by atoms with van der Waals surface area (Å²) in [6.45, 7) is 4.35. The summed E-state index contributed by atoms with van der Waals surface area (Å²) in [5.41, 5.74) is 6.53. The van der Waals surface area contributed by atoms with Crippen LogP contribution in [0.4, 0.5) is 18.9 Å². The van der Waals surface area contributed by atoms with Gasteiger partial charge in [-0.2, -0.15) is 0 Å². The fourth-order valence-corrected chi connectivity index (χ4v) is 5.12. The third kappa shape index (κ3) is 4.68. The number of hydrogen-bond acceptors (Lipinski definition) is 4. The van der Waals surface area contributed by atoms with E-state index in [4.69, 9.17) is 5.73 Å². The lowest BCUT2D eigenvalue weighted by Gasteiger charge is -2.39. The second-order valence-corrected chi connectivity index (χ2v) is 8.92. The number of nitrogens with two attached hydrogens (primary N) is 1. The first-order chi connectivity index (χ1) is 16.3. The van der Waals surface area contributed by atoms with E-state index >= 15 is 0 Å². The number of benzene rings is 1. The standard InChI is InChI=1S/C26H27F3N4O/c1-3-16-14(2)11-15(12-21(16)30)17-9-10-31-13-23(17)33-26(34)22-8-7-20(29)25(32-22)24-18(27)5-4-6-19(24)28/h4-10,13-16,21H,3,11-12,30H2,1-2H3,(H,33,34). The summed E-state index contributed by atoms with van der Waals surface area (Å²) >= 11 is 0. The summed E-state index contributed by atoms with van der Waals surface area (Å²) in [7, 11) is 0. The quantitative estimate of drug-likeness (QED) is 0.505. The molecule has 4 unspecified atom stereocenters. The van der Waals surface area contributed by atoms with E-state index in [0.29, 0.717) is 17.5 Å². The lowest BCUT2D eigenvalue weighted by atomic mass is 9.69. The number of amides is 1. The first-order valence-electron chi connectivity index (χ1n) is 11.4. The van der Waals surface area contributed by atoms with Crippen LogP contribution in [0.5, 0.6) is 0 Å². The molecule has 0 aliphatic heterocycles. The van der Waals surface area contributed by atoms with Crippen LogP contribution >= 0.6 is 0 Å². The third-order valence-electron chi connectivity index (χ3n) is 6.79. The highest BCUT2D eigenvalue weighted by molar-refractivity contribution is 6.03. The third-order valence-corrected chi connectivity index (χ3v) is 6.79. The number of halogens is 3.